The van der Waals surface area contributed by atoms with Gasteiger partial charge in [-0.3, -0.25) is 4.79 Å². The fourth-order valence-electron chi connectivity index (χ4n) is 2.86. The minimum Gasteiger partial charge on any atom is -0.337 e. The molecule has 0 radical (unpaired) electrons. The van der Waals surface area contributed by atoms with Gasteiger partial charge in [0.2, 0.25) is 0 Å². The molecule has 10 heteroatoms. The molecule has 1 unspecified atom stereocenters. The average Bonchev–Trinajstić information content (AvgIpc) is 3.21. The molecule has 0 saturated carbocycles. The summed E-state index contributed by atoms with van der Waals surface area (Å²) in [4.78, 5) is 18.5. The van der Waals surface area contributed by atoms with Crippen LogP contribution in [-0.4, -0.2) is 35.4 Å². The molecule has 1 aromatic heterocycles. The largest absolute Gasteiger partial charge is 0.416 e. The Bertz CT molecular complexity index is 800. The van der Waals surface area contributed by atoms with Gasteiger partial charge in [0.1, 0.15) is 10.7 Å². The maximum atomic E-state index is 12.8. The van der Waals surface area contributed by atoms with Crippen LogP contribution in [0, 0.1) is 5.41 Å². The molecule has 4 nitrogen and oxygen atoms in total. The maximum Gasteiger partial charge on any atom is 0.416 e. The molecule has 1 saturated heterocycles. The summed E-state index contributed by atoms with van der Waals surface area (Å²) in [6, 6.07) is 4.97. The van der Waals surface area contributed by atoms with E-state index in [0.29, 0.717) is 30.2 Å². The monoisotopic (exact) mass is 441 g/mol. The van der Waals surface area contributed by atoms with Crippen LogP contribution in [0.25, 0.3) is 10.6 Å². The predicted octanol–water partition coefficient (Wildman–Crippen LogP) is 4.48. The fourth-order valence-corrected chi connectivity index (χ4v) is 3.65. The zero-order chi connectivity index (χ0) is 18.2. The van der Waals surface area contributed by atoms with Gasteiger partial charge < -0.3 is 10.6 Å². The van der Waals surface area contributed by atoms with Crippen LogP contribution in [0.5, 0.6) is 0 Å². The summed E-state index contributed by atoms with van der Waals surface area (Å²) < 4.78 is 38.5. The minimum atomic E-state index is -4.41. The molecule has 1 aliphatic rings. The number of hydrogen-bond acceptors (Lipinski definition) is 4. The lowest BCUT2D eigenvalue weighted by atomic mass is 9.90. The van der Waals surface area contributed by atoms with Crippen LogP contribution < -0.4 is 5.73 Å². The summed E-state index contributed by atoms with van der Waals surface area (Å²) >= 11 is 1.16. The van der Waals surface area contributed by atoms with Crippen molar-refractivity contribution in [3.63, 3.8) is 0 Å². The van der Waals surface area contributed by atoms with Crippen LogP contribution in [0.1, 0.15) is 29.4 Å². The molecule has 0 aliphatic carbocycles. The van der Waals surface area contributed by atoms with E-state index in [4.69, 9.17) is 5.73 Å². The Hall–Kier alpha value is -1.35. The standard InChI is InChI=1S/C17H18F3N3OS.2ClH/c1-16(9-21)5-6-23(10-16)15(24)13-8-25-14(22-13)11-3-2-4-12(7-11)17(18,19)20;;/h2-4,7-8H,5-6,9-10,21H2,1H3;2*1H. The molecule has 2 N–H and O–H groups in total. The van der Waals surface area contributed by atoms with E-state index in [1.54, 1.807) is 16.3 Å². The highest BCUT2D eigenvalue weighted by Gasteiger charge is 2.36. The zero-order valence-electron chi connectivity index (χ0n) is 14.5. The summed E-state index contributed by atoms with van der Waals surface area (Å²) in [6.07, 6.45) is -3.58. The average molecular weight is 442 g/mol. The molecule has 27 heavy (non-hydrogen) atoms. The third-order valence-corrected chi connectivity index (χ3v) is 5.39. The quantitative estimate of drug-likeness (QED) is 0.763. The number of benzene rings is 1. The summed E-state index contributed by atoms with van der Waals surface area (Å²) in [5.41, 5.74) is 5.55. The number of nitrogens with zero attached hydrogens (tertiary/aromatic N) is 2. The van der Waals surface area contributed by atoms with Gasteiger partial charge in [0.05, 0.1) is 5.56 Å². The van der Waals surface area contributed by atoms with E-state index in [0.717, 1.165) is 29.9 Å². The van der Waals surface area contributed by atoms with E-state index in [9.17, 15) is 18.0 Å². The third-order valence-electron chi connectivity index (χ3n) is 4.50. The Morgan fingerprint density at radius 3 is 2.67 bits per heavy atom. The first-order chi connectivity index (χ1) is 11.7. The van der Waals surface area contributed by atoms with Crippen LogP contribution in [0.4, 0.5) is 13.2 Å². The molecule has 2 heterocycles. The summed E-state index contributed by atoms with van der Waals surface area (Å²) in [6.45, 7) is 3.72. The summed E-state index contributed by atoms with van der Waals surface area (Å²) in [7, 11) is 0. The zero-order valence-corrected chi connectivity index (χ0v) is 16.9. The van der Waals surface area contributed by atoms with Gasteiger partial charge in [-0.1, -0.05) is 19.1 Å². The second kappa shape index (κ2) is 8.77. The Morgan fingerprint density at radius 2 is 2.07 bits per heavy atom. The van der Waals surface area contributed by atoms with Gasteiger partial charge in [0.15, 0.2) is 0 Å². The first-order valence-electron chi connectivity index (χ1n) is 7.84. The van der Waals surface area contributed by atoms with Crippen molar-refractivity contribution in [2.75, 3.05) is 19.6 Å². The minimum absolute atomic E-state index is 0. The smallest absolute Gasteiger partial charge is 0.337 e. The molecule has 3 rings (SSSR count). The van der Waals surface area contributed by atoms with Crippen molar-refractivity contribution < 1.29 is 18.0 Å². The van der Waals surface area contributed by atoms with Gasteiger partial charge in [0, 0.05) is 24.0 Å². The van der Waals surface area contributed by atoms with Crippen molar-refractivity contribution in [2.24, 2.45) is 11.1 Å². The highest BCUT2D eigenvalue weighted by Crippen LogP contribution is 2.34. The van der Waals surface area contributed by atoms with E-state index in [1.165, 1.54) is 6.07 Å². The van der Waals surface area contributed by atoms with Crippen LogP contribution in [-0.2, 0) is 6.18 Å². The first-order valence-corrected chi connectivity index (χ1v) is 8.72. The maximum absolute atomic E-state index is 12.8. The fraction of sp³-hybridized carbons (Fsp3) is 0.412. The second-order valence-corrected chi connectivity index (χ2v) is 7.47. The second-order valence-electron chi connectivity index (χ2n) is 6.61. The van der Waals surface area contributed by atoms with Crippen LogP contribution in [0.2, 0.25) is 0 Å². The molecular formula is C17H20Cl2F3N3OS. The molecule has 0 bridgehead atoms. The summed E-state index contributed by atoms with van der Waals surface area (Å²) in [5.74, 6) is -0.202. The van der Waals surface area contributed by atoms with Crippen molar-refractivity contribution in [1.82, 2.24) is 9.88 Å². The molecular weight excluding hydrogens is 422 g/mol. The molecule has 0 spiro atoms. The first kappa shape index (κ1) is 23.7. The number of likely N-dealkylation sites (tertiary alicyclic amines) is 1. The number of halogens is 5. The van der Waals surface area contributed by atoms with E-state index in [2.05, 4.69) is 4.98 Å². The predicted molar refractivity (Wildman–Crippen MR) is 105 cm³/mol. The number of carbonyl (C=O) groups is 1. The highest BCUT2D eigenvalue weighted by molar-refractivity contribution is 7.13. The van der Waals surface area contributed by atoms with E-state index >= 15 is 0 Å². The lowest BCUT2D eigenvalue weighted by molar-refractivity contribution is -0.137. The lowest BCUT2D eigenvalue weighted by Gasteiger charge is -2.22. The van der Waals surface area contributed by atoms with Gasteiger partial charge in [0.25, 0.3) is 5.91 Å². The normalized spacial score (nSPS) is 19.4. The number of alkyl halides is 3. The molecule has 1 atom stereocenters. The SMILES string of the molecule is CC1(CN)CCN(C(=O)c2csc(-c3cccc(C(F)(F)F)c3)n2)C1.Cl.Cl. The molecule has 2 aromatic rings. The van der Waals surface area contributed by atoms with Crippen molar-refractivity contribution >= 4 is 42.1 Å². The van der Waals surface area contributed by atoms with Crippen molar-refractivity contribution in [3.8, 4) is 10.6 Å². The Morgan fingerprint density at radius 1 is 1.37 bits per heavy atom. The van der Waals surface area contributed by atoms with Gasteiger partial charge >= 0.3 is 6.18 Å². The number of nitrogens with two attached hydrogens (primary N) is 1. The molecule has 1 aliphatic heterocycles. The van der Waals surface area contributed by atoms with Crippen LogP contribution in [0.3, 0.4) is 0 Å². The summed E-state index contributed by atoms with van der Waals surface area (Å²) in [5, 5.41) is 1.99. The van der Waals surface area contributed by atoms with E-state index in [-0.39, 0.29) is 41.8 Å². The van der Waals surface area contributed by atoms with Crippen molar-refractivity contribution in [2.45, 2.75) is 19.5 Å². The van der Waals surface area contributed by atoms with Crippen molar-refractivity contribution in [3.05, 3.63) is 40.9 Å². The number of hydrogen-bond donors (Lipinski definition) is 1. The Labute approximate surface area is 171 Å². The molecule has 1 aromatic carbocycles. The van der Waals surface area contributed by atoms with Gasteiger partial charge in [-0.25, -0.2) is 4.98 Å². The van der Waals surface area contributed by atoms with Gasteiger partial charge in [-0.2, -0.15) is 13.2 Å². The molecule has 1 fully saturated rings. The topological polar surface area (TPSA) is 59.2 Å². The van der Waals surface area contributed by atoms with Crippen molar-refractivity contribution in [1.29, 1.82) is 0 Å². The number of amides is 1. The van der Waals surface area contributed by atoms with Gasteiger partial charge in [-0.05, 0) is 30.5 Å². The van der Waals surface area contributed by atoms with Crippen LogP contribution >= 0.6 is 36.2 Å². The number of aromatic nitrogens is 1. The van der Waals surface area contributed by atoms with Crippen LogP contribution in [0.15, 0.2) is 29.6 Å². The Kier molecular flexibility index (Phi) is 7.69. The van der Waals surface area contributed by atoms with Gasteiger partial charge in [-0.15, -0.1) is 36.2 Å². The highest BCUT2D eigenvalue weighted by atomic mass is 35.5. The molecule has 1 amide bonds. The van der Waals surface area contributed by atoms with E-state index < -0.39 is 11.7 Å². The number of thiazole rings is 1. The number of carbonyl (C=O) groups excluding carboxylic acids is 1. The Balaban J connectivity index is 0.00000182. The third kappa shape index (κ3) is 5.13. The molecule has 150 valence electrons. The lowest BCUT2D eigenvalue weighted by Crippen LogP contribution is -2.34. The number of rotatable bonds is 3. The van der Waals surface area contributed by atoms with E-state index in [1.807, 2.05) is 6.92 Å².